The van der Waals surface area contributed by atoms with Crippen LogP contribution in [0.4, 0.5) is 5.69 Å². The minimum absolute atomic E-state index is 0.332. The van der Waals surface area contributed by atoms with E-state index in [2.05, 4.69) is 4.98 Å². The summed E-state index contributed by atoms with van der Waals surface area (Å²) in [7, 11) is 3.96. The Balaban J connectivity index is 2.03. The maximum absolute atomic E-state index is 11.9. The van der Waals surface area contributed by atoms with Crippen LogP contribution in [0.2, 0.25) is 0 Å². The van der Waals surface area contributed by atoms with Crippen LogP contribution in [0, 0.1) is 6.92 Å². The normalized spacial score (nSPS) is 10.6. The molecule has 0 radical (unpaired) electrons. The first kappa shape index (κ1) is 15.0. The average Bonchev–Trinajstić information content (AvgIpc) is 2.55. The van der Waals surface area contributed by atoms with Gasteiger partial charge in [-0.2, -0.15) is 0 Å². The standard InChI is InChI=1S/C19H18N2O2/c1-13-4-6-14(7-5-13)17-12-18(22)23-19(20-17)15-8-10-16(11-9-15)21(2)3/h4-12H,1-3H3. The minimum atomic E-state index is -0.401. The van der Waals surface area contributed by atoms with Gasteiger partial charge >= 0.3 is 5.63 Å². The molecule has 0 aliphatic carbocycles. The van der Waals surface area contributed by atoms with Gasteiger partial charge in [-0.1, -0.05) is 29.8 Å². The van der Waals surface area contributed by atoms with Crippen molar-refractivity contribution in [1.29, 1.82) is 0 Å². The van der Waals surface area contributed by atoms with Gasteiger partial charge < -0.3 is 9.32 Å². The lowest BCUT2D eigenvalue weighted by molar-refractivity contribution is 0.508. The molecule has 0 saturated carbocycles. The Labute approximate surface area is 135 Å². The van der Waals surface area contributed by atoms with Gasteiger partial charge in [-0.3, -0.25) is 0 Å². The minimum Gasteiger partial charge on any atom is -0.404 e. The van der Waals surface area contributed by atoms with E-state index in [4.69, 9.17) is 4.42 Å². The molecular formula is C19H18N2O2. The molecule has 2 aromatic carbocycles. The van der Waals surface area contributed by atoms with Crippen molar-refractivity contribution in [2.24, 2.45) is 0 Å². The van der Waals surface area contributed by atoms with Gasteiger partial charge in [0, 0.05) is 30.9 Å². The van der Waals surface area contributed by atoms with Crippen molar-refractivity contribution < 1.29 is 4.42 Å². The van der Waals surface area contributed by atoms with Crippen LogP contribution in [-0.2, 0) is 0 Å². The second kappa shape index (κ2) is 6.08. The number of hydrogen-bond donors (Lipinski definition) is 0. The zero-order chi connectivity index (χ0) is 16.4. The average molecular weight is 306 g/mol. The van der Waals surface area contributed by atoms with Crippen LogP contribution >= 0.6 is 0 Å². The molecule has 23 heavy (non-hydrogen) atoms. The molecule has 0 bridgehead atoms. The molecule has 3 aromatic rings. The van der Waals surface area contributed by atoms with E-state index in [1.165, 1.54) is 6.07 Å². The molecule has 0 unspecified atom stereocenters. The highest BCUT2D eigenvalue weighted by Gasteiger charge is 2.09. The summed E-state index contributed by atoms with van der Waals surface area (Å²) >= 11 is 0. The van der Waals surface area contributed by atoms with Gasteiger partial charge in [0.05, 0.1) is 11.8 Å². The number of anilines is 1. The first-order valence-corrected chi connectivity index (χ1v) is 7.40. The highest BCUT2D eigenvalue weighted by atomic mass is 16.4. The zero-order valence-corrected chi connectivity index (χ0v) is 13.4. The summed E-state index contributed by atoms with van der Waals surface area (Å²) in [6.07, 6.45) is 0. The van der Waals surface area contributed by atoms with Crippen LogP contribution in [0.1, 0.15) is 5.56 Å². The van der Waals surface area contributed by atoms with E-state index in [1.807, 2.05) is 74.4 Å². The van der Waals surface area contributed by atoms with Crippen LogP contribution in [0.5, 0.6) is 0 Å². The van der Waals surface area contributed by atoms with E-state index in [9.17, 15) is 4.79 Å². The van der Waals surface area contributed by atoms with Crippen molar-refractivity contribution in [3.05, 3.63) is 70.6 Å². The van der Waals surface area contributed by atoms with Crippen LogP contribution < -0.4 is 10.5 Å². The Morgan fingerprint density at radius 2 is 1.52 bits per heavy atom. The lowest BCUT2D eigenvalue weighted by Gasteiger charge is -2.12. The van der Waals surface area contributed by atoms with E-state index in [0.29, 0.717) is 11.6 Å². The molecule has 0 amide bonds. The number of benzene rings is 2. The van der Waals surface area contributed by atoms with Gasteiger partial charge in [-0.25, -0.2) is 9.78 Å². The fourth-order valence-electron chi connectivity index (χ4n) is 2.30. The summed E-state index contributed by atoms with van der Waals surface area (Å²) < 4.78 is 5.27. The van der Waals surface area contributed by atoms with E-state index < -0.39 is 5.63 Å². The summed E-state index contributed by atoms with van der Waals surface area (Å²) in [5.41, 5.74) is 4.13. The number of rotatable bonds is 3. The highest BCUT2D eigenvalue weighted by Crippen LogP contribution is 2.23. The Hall–Kier alpha value is -2.88. The molecule has 1 aromatic heterocycles. The molecule has 1 heterocycles. The molecular weight excluding hydrogens is 288 g/mol. The molecule has 0 spiro atoms. The Morgan fingerprint density at radius 3 is 2.13 bits per heavy atom. The first-order valence-electron chi connectivity index (χ1n) is 7.40. The fraction of sp³-hybridized carbons (Fsp3) is 0.158. The summed E-state index contributed by atoms with van der Waals surface area (Å²) in [5.74, 6) is 0.332. The van der Waals surface area contributed by atoms with E-state index >= 15 is 0 Å². The second-order valence-corrected chi connectivity index (χ2v) is 5.67. The predicted octanol–water partition coefficient (Wildman–Crippen LogP) is 3.74. The maximum atomic E-state index is 11.9. The Bertz CT molecular complexity index is 863. The Morgan fingerprint density at radius 1 is 0.913 bits per heavy atom. The topological polar surface area (TPSA) is 46.3 Å². The Kier molecular flexibility index (Phi) is 3.98. The summed E-state index contributed by atoms with van der Waals surface area (Å²) in [6.45, 7) is 2.02. The lowest BCUT2D eigenvalue weighted by atomic mass is 10.1. The van der Waals surface area contributed by atoms with Crippen molar-refractivity contribution in [1.82, 2.24) is 4.98 Å². The first-order chi connectivity index (χ1) is 11.0. The van der Waals surface area contributed by atoms with Gasteiger partial charge in [-0.15, -0.1) is 0 Å². The molecule has 3 rings (SSSR count). The van der Waals surface area contributed by atoms with Gasteiger partial charge in [0.1, 0.15) is 0 Å². The third-order valence-corrected chi connectivity index (χ3v) is 3.65. The number of nitrogens with zero attached hydrogens (tertiary/aromatic N) is 2. The van der Waals surface area contributed by atoms with Crippen molar-refractivity contribution in [2.45, 2.75) is 6.92 Å². The van der Waals surface area contributed by atoms with E-state index in [0.717, 1.165) is 22.4 Å². The van der Waals surface area contributed by atoms with Crippen LogP contribution in [0.3, 0.4) is 0 Å². The van der Waals surface area contributed by atoms with Crippen LogP contribution in [-0.4, -0.2) is 19.1 Å². The van der Waals surface area contributed by atoms with Gasteiger partial charge in [0.25, 0.3) is 0 Å². The molecule has 4 nitrogen and oxygen atoms in total. The molecule has 0 N–H and O–H groups in total. The van der Waals surface area contributed by atoms with Crippen molar-refractivity contribution in [3.8, 4) is 22.7 Å². The maximum Gasteiger partial charge on any atom is 0.339 e. The van der Waals surface area contributed by atoms with Crippen LogP contribution in [0.25, 0.3) is 22.7 Å². The third-order valence-electron chi connectivity index (χ3n) is 3.65. The molecule has 0 fully saturated rings. The van der Waals surface area contributed by atoms with Crippen LogP contribution in [0.15, 0.2) is 63.8 Å². The lowest BCUT2D eigenvalue weighted by Crippen LogP contribution is -2.08. The molecule has 0 atom stereocenters. The monoisotopic (exact) mass is 306 g/mol. The number of aryl methyl sites for hydroxylation is 1. The smallest absolute Gasteiger partial charge is 0.339 e. The summed E-state index contributed by atoms with van der Waals surface area (Å²) in [4.78, 5) is 18.4. The van der Waals surface area contributed by atoms with E-state index in [-0.39, 0.29) is 0 Å². The highest BCUT2D eigenvalue weighted by molar-refractivity contribution is 5.64. The molecule has 0 saturated heterocycles. The second-order valence-electron chi connectivity index (χ2n) is 5.67. The quantitative estimate of drug-likeness (QED) is 0.739. The largest absolute Gasteiger partial charge is 0.404 e. The zero-order valence-electron chi connectivity index (χ0n) is 13.4. The van der Waals surface area contributed by atoms with Crippen molar-refractivity contribution >= 4 is 5.69 Å². The number of hydrogen-bond acceptors (Lipinski definition) is 4. The van der Waals surface area contributed by atoms with Crippen molar-refractivity contribution in [3.63, 3.8) is 0 Å². The van der Waals surface area contributed by atoms with Gasteiger partial charge in [0.15, 0.2) is 0 Å². The predicted molar refractivity (Wildman–Crippen MR) is 92.7 cm³/mol. The summed E-state index contributed by atoms with van der Waals surface area (Å²) in [5, 5.41) is 0. The SMILES string of the molecule is Cc1ccc(-c2cc(=O)oc(-c3ccc(N(C)C)cc3)n2)cc1. The fourth-order valence-corrected chi connectivity index (χ4v) is 2.30. The van der Waals surface area contributed by atoms with Gasteiger partial charge in [-0.05, 0) is 31.2 Å². The molecule has 0 aliphatic rings. The molecule has 4 heteroatoms. The number of aromatic nitrogens is 1. The van der Waals surface area contributed by atoms with E-state index in [1.54, 1.807) is 0 Å². The van der Waals surface area contributed by atoms with Gasteiger partial charge in [0.2, 0.25) is 5.89 Å². The molecule has 116 valence electrons. The van der Waals surface area contributed by atoms with Crippen molar-refractivity contribution in [2.75, 3.05) is 19.0 Å². The summed E-state index contributed by atoms with van der Waals surface area (Å²) in [6, 6.07) is 17.1. The molecule has 0 aliphatic heterocycles. The third kappa shape index (κ3) is 3.31.